The quantitative estimate of drug-likeness (QED) is 0.214. The maximum atomic E-state index is 13.3. The van der Waals surface area contributed by atoms with Gasteiger partial charge in [0.05, 0.1) is 6.10 Å². The Labute approximate surface area is 202 Å². The highest BCUT2D eigenvalue weighted by atomic mass is 35.5. The molecule has 2 nitrogen and oxygen atoms in total. The molecule has 5 heteroatoms. The molecule has 0 aromatic carbocycles. The average molecular weight is 488 g/mol. The number of carbonyl (C=O) groups is 1. The van der Waals surface area contributed by atoms with E-state index in [1.165, 1.54) is 5.57 Å². The zero-order chi connectivity index (χ0) is 23.7. The topological polar surface area (TPSA) is 26.3 Å². The molecule has 0 heterocycles. The lowest BCUT2D eigenvalue weighted by molar-refractivity contribution is -0.156. The van der Waals surface area contributed by atoms with Crippen LogP contribution in [0.1, 0.15) is 88.5 Å². The van der Waals surface area contributed by atoms with Crippen molar-refractivity contribution in [3.8, 4) is 0 Å². The fourth-order valence-electron chi connectivity index (χ4n) is 7.89. The molecule has 0 aromatic heterocycles. The van der Waals surface area contributed by atoms with Gasteiger partial charge in [-0.05, 0) is 53.1 Å². The van der Waals surface area contributed by atoms with Crippen LogP contribution in [0, 0.1) is 28.6 Å². The molecule has 0 aromatic rings. The first kappa shape index (κ1) is 25.8. The Bertz CT molecular complexity index is 735. The summed E-state index contributed by atoms with van der Waals surface area (Å²) in [5, 5.41) is 0. The Hall–Kier alpha value is 0.167. The first-order valence-electron chi connectivity index (χ1n) is 12.4. The fourth-order valence-corrected chi connectivity index (χ4v) is 14.3. The molecular formula is C26H44Cl2O2Si. The second-order valence-corrected chi connectivity index (χ2v) is 19.1. The normalized spacial score (nSPS) is 37.7. The molecule has 3 aliphatic carbocycles. The summed E-state index contributed by atoms with van der Waals surface area (Å²) < 4.78 is 6.03. The molecule has 3 aliphatic rings. The van der Waals surface area contributed by atoms with Crippen LogP contribution in [0.3, 0.4) is 0 Å². The molecule has 0 saturated heterocycles. The summed E-state index contributed by atoms with van der Waals surface area (Å²) in [7, 11) is -2.17. The molecular weight excluding hydrogens is 443 g/mol. The van der Waals surface area contributed by atoms with Gasteiger partial charge in [-0.15, -0.1) is 0 Å². The van der Waals surface area contributed by atoms with Crippen LogP contribution in [-0.2, 0) is 9.22 Å². The van der Waals surface area contributed by atoms with Crippen LogP contribution in [0.15, 0.2) is 11.6 Å². The lowest BCUT2D eigenvalue weighted by Gasteiger charge is -2.60. The second kappa shape index (κ2) is 8.13. The van der Waals surface area contributed by atoms with E-state index in [9.17, 15) is 4.79 Å². The summed E-state index contributed by atoms with van der Waals surface area (Å²) in [6, 6.07) is 0. The predicted molar refractivity (Wildman–Crippen MR) is 135 cm³/mol. The van der Waals surface area contributed by atoms with E-state index in [-0.39, 0.29) is 23.2 Å². The van der Waals surface area contributed by atoms with Crippen LogP contribution in [0.5, 0.6) is 0 Å². The lowest BCUT2D eigenvalue weighted by atomic mass is 9.53. The van der Waals surface area contributed by atoms with E-state index in [0.29, 0.717) is 28.5 Å². The van der Waals surface area contributed by atoms with E-state index in [1.54, 1.807) is 0 Å². The predicted octanol–water partition coefficient (Wildman–Crippen LogP) is 8.33. The number of rotatable bonds is 6. The van der Waals surface area contributed by atoms with E-state index in [2.05, 4.69) is 75.3 Å². The summed E-state index contributed by atoms with van der Waals surface area (Å²) in [6.45, 7) is 23.0. The van der Waals surface area contributed by atoms with Crippen molar-refractivity contribution in [1.29, 1.82) is 0 Å². The van der Waals surface area contributed by atoms with Crippen molar-refractivity contribution in [3.05, 3.63) is 11.6 Å². The van der Waals surface area contributed by atoms with Crippen LogP contribution in [0.2, 0.25) is 16.6 Å². The minimum atomic E-state index is -2.17. The number of ketones is 1. The SMILES string of the molecule is CC(C)[C@@H]1CC=C2C[C@@H](O[Si](C(C)C)(C(C)C)C(C)C)[C@@]3(C)[C@@H](C[C@]21C)C(=O)C3(Cl)Cl. The van der Waals surface area contributed by atoms with Crippen molar-refractivity contribution in [1.82, 2.24) is 0 Å². The average Bonchev–Trinajstić information content (AvgIpc) is 2.93. The van der Waals surface area contributed by atoms with Gasteiger partial charge in [-0.1, -0.05) is 104 Å². The highest BCUT2D eigenvalue weighted by molar-refractivity contribution is 6.77. The van der Waals surface area contributed by atoms with Gasteiger partial charge in [0.15, 0.2) is 10.1 Å². The number of halogens is 2. The molecule has 2 saturated carbocycles. The van der Waals surface area contributed by atoms with Crippen molar-refractivity contribution >= 4 is 37.3 Å². The van der Waals surface area contributed by atoms with Gasteiger partial charge in [0, 0.05) is 11.3 Å². The van der Waals surface area contributed by atoms with E-state index in [4.69, 9.17) is 27.6 Å². The Balaban J connectivity index is 2.12. The number of fused-ring (bicyclic) bond motifs is 2. The Morgan fingerprint density at radius 2 is 1.52 bits per heavy atom. The maximum absolute atomic E-state index is 13.3. The van der Waals surface area contributed by atoms with Gasteiger partial charge in [0.25, 0.3) is 0 Å². The maximum Gasteiger partial charge on any atom is 0.200 e. The number of carbonyl (C=O) groups excluding carboxylic acids is 1. The van der Waals surface area contributed by atoms with E-state index >= 15 is 0 Å². The van der Waals surface area contributed by atoms with Crippen molar-refractivity contribution in [2.24, 2.45) is 28.6 Å². The van der Waals surface area contributed by atoms with Gasteiger partial charge in [-0.2, -0.15) is 0 Å². The Morgan fingerprint density at radius 3 is 1.97 bits per heavy atom. The molecule has 0 unspecified atom stereocenters. The first-order valence-corrected chi connectivity index (χ1v) is 15.3. The lowest BCUT2D eigenvalue weighted by Crippen LogP contribution is -2.70. The summed E-state index contributed by atoms with van der Waals surface area (Å²) in [5.74, 6) is 1.00. The number of Topliss-reactive ketones (excluding diaryl/α,β-unsaturated/α-hetero) is 1. The molecule has 0 amide bonds. The smallest absolute Gasteiger partial charge is 0.200 e. The molecule has 0 bridgehead atoms. The van der Waals surface area contributed by atoms with Crippen LogP contribution in [-0.4, -0.2) is 24.5 Å². The van der Waals surface area contributed by atoms with Crippen molar-refractivity contribution in [2.45, 2.75) is 116 Å². The highest BCUT2D eigenvalue weighted by Crippen LogP contribution is 2.69. The summed E-state index contributed by atoms with van der Waals surface area (Å²) >= 11 is 13.7. The molecule has 31 heavy (non-hydrogen) atoms. The summed E-state index contributed by atoms with van der Waals surface area (Å²) in [6.07, 6.45) is 5.12. The fraction of sp³-hybridized carbons (Fsp3) is 0.885. The molecule has 0 radical (unpaired) electrons. The molecule has 5 atom stereocenters. The van der Waals surface area contributed by atoms with Gasteiger partial charge in [0.1, 0.15) is 0 Å². The van der Waals surface area contributed by atoms with Crippen LogP contribution >= 0.6 is 23.2 Å². The first-order chi connectivity index (χ1) is 14.1. The van der Waals surface area contributed by atoms with Crippen LogP contribution < -0.4 is 0 Å². The van der Waals surface area contributed by atoms with Crippen molar-refractivity contribution < 1.29 is 9.22 Å². The van der Waals surface area contributed by atoms with Gasteiger partial charge in [0.2, 0.25) is 8.32 Å². The molecule has 178 valence electrons. The van der Waals surface area contributed by atoms with Gasteiger partial charge >= 0.3 is 0 Å². The molecule has 0 aliphatic heterocycles. The molecule has 0 N–H and O–H groups in total. The minimum Gasteiger partial charge on any atom is -0.412 e. The number of alkyl halides is 2. The molecule has 3 rings (SSSR count). The zero-order valence-electron chi connectivity index (χ0n) is 21.3. The second-order valence-electron chi connectivity index (χ2n) is 12.3. The third-order valence-corrected chi connectivity index (χ3v) is 17.1. The van der Waals surface area contributed by atoms with Gasteiger partial charge in [-0.25, -0.2) is 0 Å². The minimum absolute atomic E-state index is 0.00900. The highest BCUT2D eigenvalue weighted by Gasteiger charge is 2.75. The van der Waals surface area contributed by atoms with Crippen LogP contribution in [0.4, 0.5) is 0 Å². The third-order valence-electron chi connectivity index (χ3n) is 9.76. The molecule has 0 spiro atoms. The van der Waals surface area contributed by atoms with Crippen molar-refractivity contribution in [2.75, 3.05) is 0 Å². The largest absolute Gasteiger partial charge is 0.412 e. The summed E-state index contributed by atoms with van der Waals surface area (Å²) in [5.41, 5.74) is 2.36. The summed E-state index contributed by atoms with van der Waals surface area (Å²) in [4.78, 5) is 13.3. The number of hydrogen-bond donors (Lipinski definition) is 0. The zero-order valence-corrected chi connectivity index (χ0v) is 23.8. The van der Waals surface area contributed by atoms with Gasteiger partial charge in [-0.3, -0.25) is 4.79 Å². The number of allylic oxidation sites excluding steroid dienone is 1. The third kappa shape index (κ3) is 3.38. The Morgan fingerprint density at radius 1 is 1.00 bits per heavy atom. The number of hydrogen-bond acceptors (Lipinski definition) is 2. The monoisotopic (exact) mass is 486 g/mol. The Kier molecular flexibility index (Phi) is 6.77. The molecule has 2 fully saturated rings. The standard InChI is InChI=1S/C26H44Cl2O2Si/c1-15(2)20-12-11-19-13-22(30-31(16(3)4,17(5)6)18(7)8)25(10)21(14-24(19,20)9)23(29)26(25,27)28/h11,15-18,20-22H,12-14H2,1-10H3/t20-,21-,22+,24+,25+/m0/s1. The van der Waals surface area contributed by atoms with Gasteiger partial charge < -0.3 is 4.43 Å². The van der Waals surface area contributed by atoms with Crippen molar-refractivity contribution in [3.63, 3.8) is 0 Å². The van der Waals surface area contributed by atoms with Crippen LogP contribution in [0.25, 0.3) is 0 Å². The van der Waals surface area contributed by atoms with E-state index in [1.807, 2.05) is 0 Å². The van der Waals surface area contributed by atoms with E-state index < -0.39 is 18.1 Å². The van der Waals surface area contributed by atoms with E-state index in [0.717, 1.165) is 19.3 Å².